The Bertz CT molecular complexity index is 1090. The van der Waals surface area contributed by atoms with E-state index in [9.17, 15) is 5.11 Å². The number of benzene rings is 1. The molecule has 1 aliphatic carbocycles. The van der Waals surface area contributed by atoms with Crippen LogP contribution in [0.5, 0.6) is 5.75 Å². The second kappa shape index (κ2) is 7.80. The van der Waals surface area contributed by atoms with Crippen molar-refractivity contribution >= 4 is 16.7 Å². The Balaban J connectivity index is 1.52. The first-order valence-electron chi connectivity index (χ1n) is 11.2. The number of aliphatic hydroxyl groups excluding tert-OH is 1. The molecule has 2 atom stereocenters. The third kappa shape index (κ3) is 4.00. The summed E-state index contributed by atoms with van der Waals surface area (Å²) in [5.74, 6) is 1.76. The van der Waals surface area contributed by atoms with Gasteiger partial charge in [0.2, 0.25) is 0 Å². The largest absolute Gasteiger partial charge is 0.488 e. The van der Waals surface area contributed by atoms with Gasteiger partial charge in [-0.2, -0.15) is 0 Å². The number of ether oxygens (including phenoxy) is 2. The number of morpholine rings is 1. The van der Waals surface area contributed by atoms with Crippen LogP contribution in [0, 0.1) is 0 Å². The predicted octanol–water partition coefficient (Wildman–Crippen LogP) is 3.70. The van der Waals surface area contributed by atoms with E-state index in [2.05, 4.69) is 45.8 Å². The molecule has 1 aliphatic heterocycles. The zero-order valence-corrected chi connectivity index (χ0v) is 18.4. The third-order valence-corrected chi connectivity index (χ3v) is 6.38. The quantitative estimate of drug-likeness (QED) is 0.630. The van der Waals surface area contributed by atoms with E-state index < -0.39 is 6.10 Å². The van der Waals surface area contributed by atoms with Crippen molar-refractivity contribution in [3.8, 4) is 17.0 Å². The number of hydrogen-bond acceptors (Lipinski definition) is 6. The molecule has 7 heteroatoms. The molecule has 0 spiro atoms. The highest BCUT2D eigenvalue weighted by Gasteiger charge is 2.40. The van der Waals surface area contributed by atoms with E-state index in [-0.39, 0.29) is 11.7 Å². The molecule has 5 rings (SSSR count). The lowest BCUT2D eigenvalue weighted by atomic mass is 10.0. The summed E-state index contributed by atoms with van der Waals surface area (Å²) in [6, 6.07) is 8.31. The number of nitrogens with zero attached hydrogens (tertiary/aromatic N) is 3. The molecule has 3 heterocycles. The number of rotatable bonds is 6. The summed E-state index contributed by atoms with van der Waals surface area (Å²) in [4.78, 5) is 14.9. The molecule has 2 aliphatic rings. The van der Waals surface area contributed by atoms with E-state index in [4.69, 9.17) is 9.47 Å². The van der Waals surface area contributed by atoms with Crippen LogP contribution in [0.4, 0.5) is 5.82 Å². The van der Waals surface area contributed by atoms with Crippen molar-refractivity contribution in [3.63, 3.8) is 0 Å². The van der Waals surface area contributed by atoms with Crippen LogP contribution < -0.4 is 9.64 Å². The van der Waals surface area contributed by atoms with Crippen LogP contribution in [-0.4, -0.2) is 57.6 Å². The first-order chi connectivity index (χ1) is 15.0. The molecule has 0 radical (unpaired) electrons. The van der Waals surface area contributed by atoms with Crippen molar-refractivity contribution in [2.45, 2.75) is 57.8 Å². The van der Waals surface area contributed by atoms with Gasteiger partial charge in [0.15, 0.2) is 0 Å². The number of nitrogens with one attached hydrogen (secondary N) is 1. The van der Waals surface area contributed by atoms with E-state index >= 15 is 0 Å². The van der Waals surface area contributed by atoms with Crippen molar-refractivity contribution < 1.29 is 14.6 Å². The lowest BCUT2D eigenvalue weighted by molar-refractivity contribution is -0.0366. The van der Waals surface area contributed by atoms with E-state index in [1.807, 2.05) is 12.1 Å². The molecule has 164 valence electrons. The average molecular weight is 423 g/mol. The second-order valence-electron chi connectivity index (χ2n) is 8.95. The molecule has 1 saturated carbocycles. The summed E-state index contributed by atoms with van der Waals surface area (Å²) in [6.07, 6.45) is 3.98. The summed E-state index contributed by atoms with van der Waals surface area (Å²) in [5.41, 5.74) is 4.21. The van der Waals surface area contributed by atoms with Crippen molar-refractivity contribution in [2.24, 2.45) is 0 Å². The Morgan fingerprint density at radius 2 is 2.16 bits per heavy atom. The lowest BCUT2D eigenvalue weighted by Gasteiger charge is -2.35. The van der Waals surface area contributed by atoms with Gasteiger partial charge in [-0.05, 0) is 51.3 Å². The predicted molar refractivity (Wildman–Crippen MR) is 121 cm³/mol. The highest BCUT2D eigenvalue weighted by Crippen LogP contribution is 2.41. The molecule has 2 N–H and O–H groups in total. The van der Waals surface area contributed by atoms with Crippen molar-refractivity contribution in [1.82, 2.24) is 15.0 Å². The molecule has 1 aromatic carbocycles. The topological polar surface area (TPSA) is 83.5 Å². The highest BCUT2D eigenvalue weighted by molar-refractivity contribution is 5.97. The van der Waals surface area contributed by atoms with Crippen LogP contribution in [0.1, 0.15) is 39.3 Å². The summed E-state index contributed by atoms with van der Waals surface area (Å²) >= 11 is 0. The van der Waals surface area contributed by atoms with Gasteiger partial charge in [-0.15, -0.1) is 0 Å². The summed E-state index contributed by atoms with van der Waals surface area (Å²) in [6.45, 7) is 7.99. The highest BCUT2D eigenvalue weighted by atomic mass is 16.5. The summed E-state index contributed by atoms with van der Waals surface area (Å²) in [7, 11) is 0. The van der Waals surface area contributed by atoms with Gasteiger partial charge in [0.05, 0.1) is 18.4 Å². The fourth-order valence-corrected chi connectivity index (χ4v) is 4.24. The molecule has 7 nitrogen and oxygen atoms in total. The third-order valence-electron chi connectivity index (χ3n) is 6.38. The maximum Gasteiger partial charge on any atom is 0.132 e. The van der Waals surface area contributed by atoms with Gasteiger partial charge >= 0.3 is 0 Å². The maximum atomic E-state index is 9.94. The van der Waals surface area contributed by atoms with Gasteiger partial charge in [-0.1, -0.05) is 6.92 Å². The van der Waals surface area contributed by atoms with Gasteiger partial charge < -0.3 is 24.5 Å². The van der Waals surface area contributed by atoms with E-state index in [1.165, 1.54) is 0 Å². The molecule has 0 amide bonds. The van der Waals surface area contributed by atoms with Crippen LogP contribution in [0.15, 0.2) is 30.6 Å². The summed E-state index contributed by atoms with van der Waals surface area (Å²) in [5, 5.41) is 11.1. The van der Waals surface area contributed by atoms with Crippen LogP contribution in [0.25, 0.3) is 22.2 Å². The number of fused-ring (bicyclic) bond motifs is 1. The van der Waals surface area contributed by atoms with Crippen LogP contribution >= 0.6 is 0 Å². The molecule has 31 heavy (non-hydrogen) atoms. The second-order valence-corrected chi connectivity index (χ2v) is 8.95. The Hall–Kier alpha value is -2.64. The molecule has 2 unspecified atom stereocenters. The smallest absolute Gasteiger partial charge is 0.132 e. The Kier molecular flexibility index (Phi) is 5.10. The molecular formula is C24H30N4O3. The minimum Gasteiger partial charge on any atom is -0.488 e. The molecule has 2 aromatic heterocycles. The van der Waals surface area contributed by atoms with Gasteiger partial charge in [-0.25, -0.2) is 9.97 Å². The molecule has 3 aromatic rings. The van der Waals surface area contributed by atoms with Gasteiger partial charge in [-0.3, -0.25) is 0 Å². The summed E-state index contributed by atoms with van der Waals surface area (Å²) < 4.78 is 11.9. The first kappa shape index (κ1) is 20.3. The maximum absolute atomic E-state index is 9.94. The molecule has 2 fully saturated rings. The Labute approximate surface area is 182 Å². The number of aryl methyl sites for hydroxylation is 1. The van der Waals surface area contributed by atoms with Gasteiger partial charge in [0.25, 0.3) is 0 Å². The van der Waals surface area contributed by atoms with Crippen LogP contribution in [0.2, 0.25) is 0 Å². The zero-order valence-electron chi connectivity index (χ0n) is 18.4. The normalized spacial score (nSPS) is 21.3. The fourth-order valence-electron chi connectivity index (χ4n) is 4.24. The first-order valence-corrected chi connectivity index (χ1v) is 11.2. The van der Waals surface area contributed by atoms with Gasteiger partial charge in [0.1, 0.15) is 29.6 Å². The average Bonchev–Trinajstić information content (AvgIpc) is 3.39. The number of aliphatic hydroxyl groups is 1. The molecule has 1 saturated heterocycles. The van der Waals surface area contributed by atoms with Crippen molar-refractivity contribution in [2.75, 3.05) is 24.6 Å². The van der Waals surface area contributed by atoms with E-state index in [0.29, 0.717) is 13.2 Å². The Morgan fingerprint density at radius 3 is 2.90 bits per heavy atom. The van der Waals surface area contributed by atoms with E-state index in [0.717, 1.165) is 65.2 Å². The number of hydrogen-bond donors (Lipinski definition) is 2. The minimum atomic E-state index is -0.517. The Morgan fingerprint density at radius 1 is 1.32 bits per heavy atom. The fraction of sp³-hybridized carbons (Fsp3) is 0.500. The van der Waals surface area contributed by atoms with Crippen molar-refractivity contribution in [1.29, 1.82) is 0 Å². The lowest BCUT2D eigenvalue weighted by Crippen LogP contribution is -2.47. The SMILES string of the molecule is CCc1[nH]c2ccc(OC3(C)CC3)cc2c1-c1cc(N2CCOC(C(C)O)C2)ncn1. The monoisotopic (exact) mass is 422 g/mol. The number of aromatic nitrogens is 3. The molecule has 0 bridgehead atoms. The number of aromatic amines is 1. The van der Waals surface area contributed by atoms with Gasteiger partial charge in [0, 0.05) is 41.3 Å². The van der Waals surface area contributed by atoms with Crippen molar-refractivity contribution in [3.05, 3.63) is 36.3 Å². The zero-order chi connectivity index (χ0) is 21.6. The van der Waals surface area contributed by atoms with Crippen LogP contribution in [0.3, 0.4) is 0 Å². The number of anilines is 1. The van der Waals surface area contributed by atoms with E-state index in [1.54, 1.807) is 13.3 Å². The molecular weight excluding hydrogens is 392 g/mol. The standard InChI is InChI=1S/C24H30N4O3/c1-4-18-23(17-11-16(5-6-19(17)27-18)31-24(3)7-8-24)20-12-22(26-14-25-20)28-9-10-30-21(13-28)15(2)29/h5-6,11-12,14-15,21,27,29H,4,7-10,13H2,1-3H3. The van der Waals surface area contributed by atoms with Crippen LogP contribution in [-0.2, 0) is 11.2 Å². The number of H-pyrrole nitrogens is 1. The minimum absolute atomic E-state index is 0.0173.